The molecule has 0 amide bonds. The maximum Gasteiger partial charge on any atom is 0.229 e. The molecule has 0 radical (unpaired) electrons. The third-order valence-electron chi connectivity index (χ3n) is 3.61. The minimum atomic E-state index is -0.158. The van der Waals surface area contributed by atoms with E-state index in [1.54, 1.807) is 6.20 Å². The Balaban J connectivity index is 1.66. The zero-order valence-corrected chi connectivity index (χ0v) is 10.7. The highest BCUT2D eigenvalue weighted by Gasteiger charge is 2.25. The van der Waals surface area contributed by atoms with Crippen LogP contribution in [-0.2, 0) is 6.42 Å². The predicted octanol–water partition coefficient (Wildman–Crippen LogP) is 2.07. The number of rotatable bonds is 3. The van der Waals surface area contributed by atoms with Gasteiger partial charge in [0.25, 0.3) is 0 Å². The first-order chi connectivity index (χ1) is 9.31. The van der Waals surface area contributed by atoms with Gasteiger partial charge < -0.3 is 9.63 Å². The number of aliphatic hydroxyl groups excluding tert-OH is 1. The largest absolute Gasteiger partial charge is 0.393 e. The minimum Gasteiger partial charge on any atom is -0.393 e. The van der Waals surface area contributed by atoms with Crippen LogP contribution in [0.25, 0.3) is 0 Å². The highest BCUT2D eigenvalue weighted by Crippen LogP contribution is 2.31. The Bertz CT molecular complexity index is 518. The second kappa shape index (κ2) is 5.48. The second-order valence-corrected chi connectivity index (χ2v) is 5.09. The Morgan fingerprint density at radius 1 is 1.26 bits per heavy atom. The van der Waals surface area contributed by atoms with Gasteiger partial charge in [-0.05, 0) is 37.3 Å². The molecule has 3 rings (SSSR count). The number of nitrogens with zero attached hydrogens (tertiary/aromatic N) is 3. The molecule has 0 saturated heterocycles. The molecule has 0 bridgehead atoms. The lowest BCUT2D eigenvalue weighted by molar-refractivity contribution is 0.116. The third-order valence-corrected chi connectivity index (χ3v) is 3.61. The molecule has 0 aliphatic heterocycles. The van der Waals surface area contributed by atoms with Gasteiger partial charge in [0.2, 0.25) is 5.89 Å². The van der Waals surface area contributed by atoms with Gasteiger partial charge in [-0.3, -0.25) is 4.98 Å². The SMILES string of the molecule is OC1CCC(c2nc(Cc3cccnc3)no2)CC1. The van der Waals surface area contributed by atoms with Gasteiger partial charge in [0.05, 0.1) is 6.10 Å². The molecule has 1 aliphatic carbocycles. The van der Waals surface area contributed by atoms with Gasteiger partial charge in [-0.2, -0.15) is 4.98 Å². The summed E-state index contributed by atoms with van der Waals surface area (Å²) in [7, 11) is 0. The van der Waals surface area contributed by atoms with Gasteiger partial charge in [0.1, 0.15) is 0 Å². The average Bonchev–Trinajstić information content (AvgIpc) is 2.89. The molecule has 19 heavy (non-hydrogen) atoms. The Morgan fingerprint density at radius 2 is 2.11 bits per heavy atom. The zero-order valence-electron chi connectivity index (χ0n) is 10.7. The molecule has 2 heterocycles. The van der Waals surface area contributed by atoms with Crippen LogP contribution in [0.3, 0.4) is 0 Å². The summed E-state index contributed by atoms with van der Waals surface area (Å²) in [6.45, 7) is 0. The van der Waals surface area contributed by atoms with Crippen LogP contribution in [0.15, 0.2) is 29.0 Å². The van der Waals surface area contributed by atoms with E-state index in [1.165, 1.54) is 0 Å². The van der Waals surface area contributed by atoms with E-state index in [2.05, 4.69) is 15.1 Å². The maximum atomic E-state index is 9.50. The monoisotopic (exact) mass is 259 g/mol. The average molecular weight is 259 g/mol. The van der Waals surface area contributed by atoms with Crippen molar-refractivity contribution >= 4 is 0 Å². The van der Waals surface area contributed by atoms with Crippen LogP contribution in [-0.4, -0.2) is 26.3 Å². The number of aliphatic hydroxyl groups is 1. The first-order valence-corrected chi connectivity index (χ1v) is 6.70. The van der Waals surface area contributed by atoms with Gasteiger partial charge in [0.15, 0.2) is 5.82 Å². The molecule has 1 aliphatic rings. The second-order valence-electron chi connectivity index (χ2n) is 5.09. The molecule has 5 nitrogen and oxygen atoms in total. The van der Waals surface area contributed by atoms with Crippen LogP contribution in [0.5, 0.6) is 0 Å². The van der Waals surface area contributed by atoms with Crippen LogP contribution in [0.1, 0.15) is 48.9 Å². The first-order valence-electron chi connectivity index (χ1n) is 6.70. The lowest BCUT2D eigenvalue weighted by atomic mass is 9.87. The van der Waals surface area contributed by atoms with E-state index in [9.17, 15) is 5.11 Å². The maximum absolute atomic E-state index is 9.50. The summed E-state index contributed by atoms with van der Waals surface area (Å²) < 4.78 is 5.35. The fraction of sp³-hybridized carbons (Fsp3) is 0.500. The Morgan fingerprint density at radius 3 is 2.84 bits per heavy atom. The molecule has 100 valence electrons. The number of pyridine rings is 1. The zero-order chi connectivity index (χ0) is 13.1. The molecule has 2 aromatic heterocycles. The van der Waals surface area contributed by atoms with E-state index < -0.39 is 0 Å². The quantitative estimate of drug-likeness (QED) is 0.913. The molecular formula is C14H17N3O2. The van der Waals surface area contributed by atoms with Gasteiger partial charge in [-0.1, -0.05) is 11.2 Å². The molecule has 0 spiro atoms. The summed E-state index contributed by atoms with van der Waals surface area (Å²) in [5, 5.41) is 13.5. The summed E-state index contributed by atoms with van der Waals surface area (Å²) in [4.78, 5) is 8.54. The number of hydrogen-bond acceptors (Lipinski definition) is 5. The lowest BCUT2D eigenvalue weighted by Gasteiger charge is -2.22. The van der Waals surface area contributed by atoms with Crippen LogP contribution in [0.2, 0.25) is 0 Å². The lowest BCUT2D eigenvalue weighted by Crippen LogP contribution is -2.17. The van der Waals surface area contributed by atoms with Crippen molar-refractivity contribution in [3.8, 4) is 0 Å². The van der Waals surface area contributed by atoms with Crippen LogP contribution in [0, 0.1) is 0 Å². The van der Waals surface area contributed by atoms with E-state index in [1.807, 2.05) is 18.3 Å². The van der Waals surface area contributed by atoms with E-state index in [-0.39, 0.29) is 6.10 Å². The molecule has 0 aromatic carbocycles. The third kappa shape index (κ3) is 2.98. The fourth-order valence-electron chi connectivity index (χ4n) is 2.51. The van der Waals surface area contributed by atoms with E-state index in [0.717, 1.165) is 31.2 Å². The molecule has 2 aromatic rings. The summed E-state index contributed by atoms with van der Waals surface area (Å²) in [5.74, 6) is 1.72. The molecule has 0 unspecified atom stereocenters. The van der Waals surface area contributed by atoms with E-state index in [0.29, 0.717) is 24.1 Å². The normalized spacial score (nSPS) is 23.4. The van der Waals surface area contributed by atoms with Crippen molar-refractivity contribution in [1.29, 1.82) is 0 Å². The summed E-state index contributed by atoms with van der Waals surface area (Å²) in [6.07, 6.45) is 7.55. The highest BCUT2D eigenvalue weighted by molar-refractivity contribution is 5.14. The Hall–Kier alpha value is -1.75. The van der Waals surface area contributed by atoms with Crippen LogP contribution < -0.4 is 0 Å². The molecule has 0 atom stereocenters. The van der Waals surface area contributed by atoms with Crippen molar-refractivity contribution in [2.75, 3.05) is 0 Å². The molecule has 1 saturated carbocycles. The molecule has 1 N–H and O–H groups in total. The summed E-state index contributed by atoms with van der Waals surface area (Å²) in [6, 6.07) is 3.90. The highest BCUT2D eigenvalue weighted by atomic mass is 16.5. The smallest absolute Gasteiger partial charge is 0.229 e. The van der Waals surface area contributed by atoms with Crippen molar-refractivity contribution in [3.05, 3.63) is 41.8 Å². The summed E-state index contributed by atoms with van der Waals surface area (Å²) in [5.41, 5.74) is 1.08. The fourth-order valence-corrected chi connectivity index (χ4v) is 2.51. The predicted molar refractivity (Wildman–Crippen MR) is 68.6 cm³/mol. The molecule has 5 heteroatoms. The topological polar surface area (TPSA) is 72.0 Å². The minimum absolute atomic E-state index is 0.158. The summed E-state index contributed by atoms with van der Waals surface area (Å²) >= 11 is 0. The molecule has 1 fully saturated rings. The number of aromatic nitrogens is 3. The Labute approximate surface area is 111 Å². The van der Waals surface area contributed by atoms with Crippen molar-refractivity contribution in [2.24, 2.45) is 0 Å². The first kappa shape index (κ1) is 12.3. The van der Waals surface area contributed by atoms with Gasteiger partial charge in [-0.15, -0.1) is 0 Å². The van der Waals surface area contributed by atoms with Crippen molar-refractivity contribution in [3.63, 3.8) is 0 Å². The van der Waals surface area contributed by atoms with Crippen LogP contribution >= 0.6 is 0 Å². The van der Waals surface area contributed by atoms with E-state index >= 15 is 0 Å². The van der Waals surface area contributed by atoms with E-state index in [4.69, 9.17) is 4.52 Å². The Kier molecular flexibility index (Phi) is 3.55. The van der Waals surface area contributed by atoms with Crippen molar-refractivity contribution in [2.45, 2.75) is 44.1 Å². The van der Waals surface area contributed by atoms with Gasteiger partial charge >= 0.3 is 0 Å². The van der Waals surface area contributed by atoms with Crippen molar-refractivity contribution in [1.82, 2.24) is 15.1 Å². The van der Waals surface area contributed by atoms with Gasteiger partial charge in [-0.25, -0.2) is 0 Å². The standard InChI is InChI=1S/C14H17N3O2/c18-12-5-3-11(4-6-12)14-16-13(17-19-14)8-10-2-1-7-15-9-10/h1-2,7,9,11-12,18H,3-6,8H2. The van der Waals surface area contributed by atoms with Gasteiger partial charge in [0, 0.05) is 24.7 Å². The van der Waals surface area contributed by atoms with Crippen molar-refractivity contribution < 1.29 is 9.63 Å². The molecular weight excluding hydrogens is 242 g/mol. The van der Waals surface area contributed by atoms with Crippen LogP contribution in [0.4, 0.5) is 0 Å². The number of hydrogen-bond donors (Lipinski definition) is 1.